The molecule has 164 valence electrons. The second-order valence-corrected chi connectivity index (χ2v) is 6.86. The molecule has 0 saturated heterocycles. The second-order valence-electron chi connectivity index (χ2n) is 6.86. The minimum atomic E-state index is -1.30. The lowest BCUT2D eigenvalue weighted by Gasteiger charge is -2.14. The monoisotopic (exact) mass is 437 g/mol. The van der Waals surface area contributed by atoms with Crippen LogP contribution >= 0.6 is 0 Å². The summed E-state index contributed by atoms with van der Waals surface area (Å²) in [5, 5.41) is 13.0. The maximum absolute atomic E-state index is 14.2. The van der Waals surface area contributed by atoms with Crippen LogP contribution in [-0.4, -0.2) is 22.2 Å². The predicted octanol–water partition coefficient (Wildman–Crippen LogP) is 4.05. The van der Waals surface area contributed by atoms with E-state index in [1.54, 1.807) is 6.92 Å². The summed E-state index contributed by atoms with van der Waals surface area (Å²) in [6.07, 6.45) is -1.63. The highest BCUT2D eigenvalue weighted by molar-refractivity contribution is 5.61. The molecule has 0 bridgehead atoms. The van der Waals surface area contributed by atoms with Crippen molar-refractivity contribution in [3.8, 4) is 5.75 Å². The van der Waals surface area contributed by atoms with Gasteiger partial charge in [-0.1, -0.05) is 0 Å². The first-order valence-corrected chi connectivity index (χ1v) is 9.22. The van der Waals surface area contributed by atoms with Gasteiger partial charge >= 0.3 is 0 Å². The Kier molecular flexibility index (Phi) is 6.59. The smallest absolute Gasteiger partial charge is 0.288 e. The molecule has 0 radical (unpaired) electrons. The SMILES string of the molecule is COc1cc(Nc2nc(CCC(O)c3cc(F)cc(F)c3)c(F)c(=O)[nH]2)c(C)cc1F. The topological polar surface area (TPSA) is 87.2 Å². The molecular weight excluding hydrogens is 418 g/mol. The van der Waals surface area contributed by atoms with E-state index in [4.69, 9.17) is 4.74 Å². The number of halogens is 4. The number of nitrogens with zero attached hydrogens (tertiary/aromatic N) is 1. The summed E-state index contributed by atoms with van der Waals surface area (Å²) in [5.74, 6) is -3.57. The van der Waals surface area contributed by atoms with Crippen molar-refractivity contribution in [3.05, 3.63) is 80.8 Å². The van der Waals surface area contributed by atoms with Crippen LogP contribution in [0.1, 0.15) is 29.3 Å². The van der Waals surface area contributed by atoms with Crippen molar-refractivity contribution >= 4 is 11.6 Å². The van der Waals surface area contributed by atoms with E-state index in [1.807, 2.05) is 0 Å². The number of nitrogens with one attached hydrogen (secondary N) is 2. The number of aliphatic hydroxyl groups excluding tert-OH is 1. The molecule has 31 heavy (non-hydrogen) atoms. The Morgan fingerprint density at radius 1 is 1.13 bits per heavy atom. The number of aryl methyl sites for hydroxylation is 2. The van der Waals surface area contributed by atoms with Gasteiger partial charge in [0.05, 0.1) is 18.9 Å². The fraction of sp³-hybridized carbons (Fsp3) is 0.238. The van der Waals surface area contributed by atoms with E-state index in [2.05, 4.69) is 15.3 Å². The van der Waals surface area contributed by atoms with E-state index in [1.165, 1.54) is 19.2 Å². The van der Waals surface area contributed by atoms with Gasteiger partial charge in [0.15, 0.2) is 11.6 Å². The second kappa shape index (κ2) is 9.17. The molecule has 3 aromatic rings. The third-order valence-corrected chi connectivity index (χ3v) is 4.61. The van der Waals surface area contributed by atoms with E-state index in [0.717, 1.165) is 12.1 Å². The number of aliphatic hydroxyl groups is 1. The fourth-order valence-corrected chi connectivity index (χ4v) is 3.01. The number of anilines is 2. The fourth-order valence-electron chi connectivity index (χ4n) is 3.01. The molecule has 2 aromatic carbocycles. The molecule has 3 N–H and O–H groups in total. The summed E-state index contributed by atoms with van der Waals surface area (Å²) in [7, 11) is 1.30. The Morgan fingerprint density at radius 3 is 2.45 bits per heavy atom. The highest BCUT2D eigenvalue weighted by atomic mass is 19.1. The number of H-pyrrole nitrogens is 1. The van der Waals surface area contributed by atoms with Crippen LogP contribution in [0, 0.1) is 30.2 Å². The number of hydrogen-bond donors (Lipinski definition) is 3. The third-order valence-electron chi connectivity index (χ3n) is 4.61. The summed E-state index contributed by atoms with van der Waals surface area (Å²) in [6, 6.07) is 5.17. The molecule has 0 amide bonds. The van der Waals surface area contributed by atoms with Gasteiger partial charge in [-0.05, 0) is 49.1 Å². The van der Waals surface area contributed by atoms with Crippen molar-refractivity contribution in [2.75, 3.05) is 12.4 Å². The van der Waals surface area contributed by atoms with Gasteiger partial charge in [-0.15, -0.1) is 0 Å². The van der Waals surface area contributed by atoms with E-state index < -0.39 is 34.9 Å². The van der Waals surface area contributed by atoms with Crippen LogP contribution in [0.5, 0.6) is 5.75 Å². The van der Waals surface area contributed by atoms with Crippen LogP contribution in [-0.2, 0) is 6.42 Å². The molecule has 0 saturated carbocycles. The van der Waals surface area contributed by atoms with Gasteiger partial charge in [-0.2, -0.15) is 4.39 Å². The summed E-state index contributed by atoms with van der Waals surface area (Å²) >= 11 is 0. The van der Waals surface area contributed by atoms with Crippen molar-refractivity contribution in [2.24, 2.45) is 0 Å². The Balaban J connectivity index is 1.82. The molecule has 6 nitrogen and oxygen atoms in total. The average molecular weight is 437 g/mol. The Bertz CT molecular complexity index is 1150. The van der Waals surface area contributed by atoms with Gasteiger partial charge < -0.3 is 15.2 Å². The summed E-state index contributed by atoms with van der Waals surface area (Å²) in [6.45, 7) is 1.61. The van der Waals surface area contributed by atoms with Crippen molar-refractivity contribution in [3.63, 3.8) is 0 Å². The van der Waals surface area contributed by atoms with Crippen molar-refractivity contribution in [1.29, 1.82) is 0 Å². The Morgan fingerprint density at radius 2 is 1.81 bits per heavy atom. The molecule has 0 aliphatic rings. The zero-order valence-corrected chi connectivity index (χ0v) is 16.6. The minimum absolute atomic E-state index is 0.0184. The number of aromatic nitrogens is 2. The highest BCUT2D eigenvalue weighted by Crippen LogP contribution is 2.27. The summed E-state index contributed by atoms with van der Waals surface area (Å²) in [4.78, 5) is 18.2. The van der Waals surface area contributed by atoms with Gasteiger partial charge in [0, 0.05) is 17.8 Å². The molecule has 1 aromatic heterocycles. The molecule has 3 rings (SSSR count). The van der Waals surface area contributed by atoms with Crippen molar-refractivity contribution < 1.29 is 27.4 Å². The Hall–Kier alpha value is -3.40. The van der Waals surface area contributed by atoms with Gasteiger partial charge in [0.1, 0.15) is 11.6 Å². The average Bonchev–Trinajstić information content (AvgIpc) is 2.70. The van der Waals surface area contributed by atoms with Gasteiger partial charge in [0.2, 0.25) is 11.8 Å². The van der Waals surface area contributed by atoms with Crippen LogP contribution in [0.25, 0.3) is 0 Å². The molecule has 0 aliphatic carbocycles. The first kappa shape index (κ1) is 22.3. The molecule has 0 aliphatic heterocycles. The number of hydrogen-bond acceptors (Lipinski definition) is 5. The van der Waals surface area contributed by atoms with Crippen LogP contribution in [0.2, 0.25) is 0 Å². The Labute approximate surface area is 174 Å². The van der Waals surface area contributed by atoms with Gasteiger partial charge in [-0.25, -0.2) is 18.2 Å². The maximum atomic E-state index is 14.2. The number of methoxy groups -OCH3 is 1. The number of rotatable bonds is 7. The van der Waals surface area contributed by atoms with Crippen LogP contribution in [0.3, 0.4) is 0 Å². The van der Waals surface area contributed by atoms with Crippen LogP contribution in [0.15, 0.2) is 35.1 Å². The van der Waals surface area contributed by atoms with E-state index in [9.17, 15) is 27.5 Å². The number of aromatic amines is 1. The molecule has 10 heteroatoms. The van der Waals surface area contributed by atoms with E-state index >= 15 is 0 Å². The molecule has 0 spiro atoms. The lowest BCUT2D eigenvalue weighted by molar-refractivity contribution is 0.166. The molecule has 1 unspecified atom stereocenters. The number of benzene rings is 2. The maximum Gasteiger partial charge on any atom is 0.288 e. The lowest BCUT2D eigenvalue weighted by Crippen LogP contribution is -2.19. The molecule has 1 heterocycles. The molecule has 0 fully saturated rings. The molecular formula is C21H19F4N3O3. The van der Waals surface area contributed by atoms with Crippen LogP contribution < -0.4 is 15.6 Å². The van der Waals surface area contributed by atoms with E-state index in [0.29, 0.717) is 17.3 Å². The zero-order chi connectivity index (χ0) is 22.7. The van der Waals surface area contributed by atoms with Gasteiger partial charge in [0.25, 0.3) is 5.56 Å². The van der Waals surface area contributed by atoms with E-state index in [-0.39, 0.29) is 35.8 Å². The molecule has 1 atom stereocenters. The number of ether oxygens (including phenoxy) is 1. The lowest BCUT2D eigenvalue weighted by atomic mass is 10.0. The zero-order valence-electron chi connectivity index (χ0n) is 16.6. The normalized spacial score (nSPS) is 12.0. The summed E-state index contributed by atoms with van der Waals surface area (Å²) < 4.78 is 59.6. The third kappa shape index (κ3) is 5.21. The highest BCUT2D eigenvalue weighted by Gasteiger charge is 2.17. The first-order chi connectivity index (χ1) is 14.7. The minimum Gasteiger partial charge on any atom is -0.494 e. The predicted molar refractivity (Wildman–Crippen MR) is 105 cm³/mol. The van der Waals surface area contributed by atoms with Gasteiger partial charge in [-0.3, -0.25) is 9.78 Å². The quantitative estimate of drug-likeness (QED) is 0.486. The largest absolute Gasteiger partial charge is 0.494 e. The standard InChI is InChI=1S/C21H19F4N3O3/c1-10-5-14(24)18(31-2)9-16(10)27-21-26-15(19(25)20(30)28-21)3-4-17(29)11-6-12(22)8-13(23)7-11/h5-9,17,29H,3-4H2,1-2H3,(H2,26,27,28,30). The van der Waals surface area contributed by atoms with Crippen molar-refractivity contribution in [2.45, 2.75) is 25.9 Å². The van der Waals surface area contributed by atoms with Crippen LogP contribution in [0.4, 0.5) is 29.2 Å². The first-order valence-electron chi connectivity index (χ1n) is 9.22. The summed E-state index contributed by atoms with van der Waals surface area (Å²) in [5.41, 5.74) is -0.473. The van der Waals surface area contributed by atoms with Crippen molar-refractivity contribution in [1.82, 2.24) is 9.97 Å².